The maximum Gasteiger partial charge on any atom is 0 e. The molecule has 4 rings (SSSR count). The molecule has 9 heteroatoms. The second-order valence-corrected chi connectivity index (χ2v) is 9.96. The number of rotatable bonds is 0. The normalized spacial score (nSPS) is 20.6. The molecule has 35 heavy (non-hydrogen) atoms. The fraction of sp³-hybridized carbons (Fsp3) is 0.923. The third-order valence-corrected chi connectivity index (χ3v) is 6.24. The minimum absolute atomic E-state index is 0. The van der Waals surface area contributed by atoms with Crippen LogP contribution in [-0.2, 0) is 41.7 Å². The third kappa shape index (κ3) is 33.8. The molecule has 0 N–H and O–H groups in total. The minimum Gasteiger partial charge on any atom is -0.696 e. The molecule has 0 aromatic rings. The molecule has 4 aliphatic heterocycles. The van der Waals surface area contributed by atoms with E-state index in [2.05, 4.69) is 74.2 Å². The van der Waals surface area contributed by atoms with E-state index in [1.807, 2.05) is 0 Å². The molecule has 0 saturated carbocycles. The average molecular weight is 568 g/mol. The smallest absolute Gasteiger partial charge is 0 e. The van der Waals surface area contributed by atoms with Crippen LogP contribution >= 0.6 is 0 Å². The van der Waals surface area contributed by atoms with Crippen LogP contribution in [0.15, 0.2) is 0 Å². The van der Waals surface area contributed by atoms with Gasteiger partial charge in [0.05, 0.1) is 0 Å². The zero-order chi connectivity index (χ0) is 25.9. The van der Waals surface area contributed by atoms with E-state index in [9.17, 15) is 0 Å². The molecule has 0 aromatic carbocycles. The summed E-state index contributed by atoms with van der Waals surface area (Å²) in [5, 5.41) is 33.8. The second kappa shape index (κ2) is 31.8. The van der Waals surface area contributed by atoms with Gasteiger partial charge in [-0.3, -0.25) is 0 Å². The average Bonchev–Trinajstić information content (AvgIpc) is 2.83. The van der Waals surface area contributed by atoms with E-state index in [-0.39, 0.29) is 16.5 Å². The van der Waals surface area contributed by atoms with Crippen LogP contribution in [0.5, 0.6) is 0 Å². The van der Waals surface area contributed by atoms with Crippen LogP contribution in [0, 0.1) is 45.0 Å². The van der Waals surface area contributed by atoms with Gasteiger partial charge in [0.1, 0.15) is 0 Å². The Morgan fingerprint density at radius 1 is 0.457 bits per heavy atom. The van der Waals surface area contributed by atoms with Crippen molar-refractivity contribution in [1.82, 2.24) is 0 Å². The van der Waals surface area contributed by atoms with Gasteiger partial charge in [-0.15, -0.1) is 52.4 Å². The van der Waals surface area contributed by atoms with Gasteiger partial charge >= 0.3 is 0 Å². The molecular weight excluding hydrogens is 519 g/mol. The van der Waals surface area contributed by atoms with Crippen molar-refractivity contribution in [3.05, 3.63) is 21.3 Å². The third-order valence-electron chi connectivity index (χ3n) is 6.24. The van der Waals surface area contributed by atoms with Crippen LogP contribution in [0.2, 0.25) is 0 Å². The van der Waals surface area contributed by atoms with Crippen LogP contribution in [-0.4, -0.2) is 52.4 Å². The zero-order valence-corrected chi connectivity index (χ0v) is 25.1. The predicted octanol–water partition coefficient (Wildman–Crippen LogP) is 7.19. The quantitative estimate of drug-likeness (QED) is 0.176. The first-order valence-corrected chi connectivity index (χ1v) is 13.8. The first-order chi connectivity index (χ1) is 16.4. The number of piperidine rings is 4. The van der Waals surface area contributed by atoms with Crippen LogP contribution in [0.1, 0.15) is 79.1 Å². The molecule has 4 aliphatic rings. The van der Waals surface area contributed by atoms with Crippen molar-refractivity contribution in [3.63, 3.8) is 0 Å². The fourth-order valence-corrected chi connectivity index (χ4v) is 3.52. The van der Waals surface area contributed by atoms with Gasteiger partial charge in [-0.1, -0.05) is 89.9 Å². The molecule has 4 fully saturated rings. The Morgan fingerprint density at radius 3 is 0.629 bits per heavy atom. The van der Waals surface area contributed by atoms with E-state index < -0.39 is 0 Å². The van der Waals surface area contributed by atoms with Gasteiger partial charge < -0.3 is 46.5 Å². The summed E-state index contributed by atoms with van der Waals surface area (Å²) in [5.74, 6) is 3.77. The van der Waals surface area contributed by atoms with Gasteiger partial charge in [-0.05, 0) is 23.7 Å². The summed E-state index contributed by atoms with van der Waals surface area (Å²) in [4.78, 5) is 0. The number of nitriles is 2. The van der Waals surface area contributed by atoms with Gasteiger partial charge in [0.2, 0.25) is 0 Å². The molecule has 6 nitrogen and oxygen atoms in total. The van der Waals surface area contributed by atoms with Gasteiger partial charge in [0.25, 0.3) is 0 Å². The van der Waals surface area contributed by atoms with E-state index in [1.165, 1.54) is 62.2 Å². The second-order valence-electron chi connectivity index (χ2n) is 9.60. The van der Waals surface area contributed by atoms with Crippen molar-refractivity contribution in [2.75, 3.05) is 52.4 Å². The Kier molecular flexibility index (Phi) is 35.7. The molecule has 0 aliphatic carbocycles. The molecule has 210 valence electrons. The van der Waals surface area contributed by atoms with Gasteiger partial charge in [0.15, 0.2) is 0 Å². The Balaban J connectivity index is -0.000000360. The first-order valence-electron chi connectivity index (χ1n) is 13.0. The number of hydrogen-bond acceptors (Lipinski definition) is 4. The van der Waals surface area contributed by atoms with Crippen molar-refractivity contribution in [1.29, 1.82) is 10.5 Å². The SMILES string of the molecule is CC1CC[N-]CC1.CC1CC[N-]CC1.CC1CC[N-]CC1.CC1CC[N-]CC1.N#C[S-].N#C[S-].[Ni]. The largest absolute Gasteiger partial charge is 0.696 e. The molecular formula is C26H48N6NiS2-6. The number of hydrogen-bond donors (Lipinski definition) is 0. The maximum atomic E-state index is 7.13. The topological polar surface area (TPSA) is 104 Å². The van der Waals surface area contributed by atoms with Crippen molar-refractivity contribution < 1.29 is 16.5 Å². The Bertz CT molecular complexity index is 401. The van der Waals surface area contributed by atoms with Crippen LogP contribution in [0.25, 0.3) is 21.3 Å². The van der Waals surface area contributed by atoms with E-state index in [0.717, 1.165) is 76.0 Å². The molecule has 0 aromatic heterocycles. The first kappa shape index (κ1) is 39.3. The van der Waals surface area contributed by atoms with E-state index >= 15 is 0 Å². The van der Waals surface area contributed by atoms with E-state index in [0.29, 0.717) is 0 Å². The molecule has 0 unspecified atom stereocenters. The van der Waals surface area contributed by atoms with Gasteiger partial charge in [0, 0.05) is 16.5 Å². The molecule has 4 heterocycles. The Labute approximate surface area is 238 Å². The summed E-state index contributed by atoms with van der Waals surface area (Å²) < 4.78 is 0. The molecule has 0 bridgehead atoms. The van der Waals surface area contributed by atoms with Gasteiger partial charge in [-0.2, -0.15) is 0 Å². The number of nitrogens with zero attached hydrogens (tertiary/aromatic N) is 6. The fourth-order valence-electron chi connectivity index (χ4n) is 3.52. The Hall–Kier alpha value is -0.246. The molecule has 4 saturated heterocycles. The van der Waals surface area contributed by atoms with Crippen molar-refractivity contribution in [3.8, 4) is 10.8 Å². The maximum absolute atomic E-state index is 7.13. The minimum atomic E-state index is 0. The van der Waals surface area contributed by atoms with Crippen molar-refractivity contribution in [2.24, 2.45) is 23.7 Å². The molecule has 0 amide bonds. The van der Waals surface area contributed by atoms with Crippen molar-refractivity contribution >= 4 is 25.3 Å². The van der Waals surface area contributed by atoms with Crippen LogP contribution in [0.4, 0.5) is 0 Å². The standard InChI is InChI=1S/4C6H12N.2CHNS.Ni/c4*1-6-2-4-7-5-3-6;2*2-1-3;/h4*6H,2-5H2,1H3;2*3H;/q4*-1;;;/p-2. The summed E-state index contributed by atoms with van der Waals surface area (Å²) in [7, 11) is 0. The van der Waals surface area contributed by atoms with E-state index in [4.69, 9.17) is 10.5 Å². The Morgan fingerprint density at radius 2 is 0.571 bits per heavy atom. The predicted molar refractivity (Wildman–Crippen MR) is 152 cm³/mol. The molecule has 0 radical (unpaired) electrons. The zero-order valence-electron chi connectivity index (χ0n) is 22.4. The summed E-state index contributed by atoms with van der Waals surface area (Å²) in [6.45, 7) is 18.1. The monoisotopic (exact) mass is 566 g/mol. The molecule has 0 atom stereocenters. The number of thiocyanates is 2. The summed E-state index contributed by atoms with van der Waals surface area (Å²) in [6.07, 6.45) is 10.6. The van der Waals surface area contributed by atoms with Crippen LogP contribution in [0.3, 0.4) is 0 Å². The molecule has 0 spiro atoms. The van der Waals surface area contributed by atoms with Crippen LogP contribution < -0.4 is 0 Å². The summed E-state index contributed by atoms with van der Waals surface area (Å²) >= 11 is 7.40. The van der Waals surface area contributed by atoms with Crippen molar-refractivity contribution in [2.45, 2.75) is 79.1 Å². The summed E-state index contributed by atoms with van der Waals surface area (Å²) in [6, 6.07) is 0. The van der Waals surface area contributed by atoms with E-state index in [1.54, 1.807) is 0 Å². The summed E-state index contributed by atoms with van der Waals surface area (Å²) in [5.41, 5.74) is 0. The van der Waals surface area contributed by atoms with Gasteiger partial charge in [-0.25, -0.2) is 10.5 Å².